The molecule has 0 aromatic carbocycles. The summed E-state index contributed by atoms with van der Waals surface area (Å²) in [5.41, 5.74) is 12.5. The highest BCUT2D eigenvalue weighted by atomic mass is 16.4. The number of rotatable bonds is 3. The molecule has 0 aromatic rings. The molecule has 0 rings (SSSR count). The Morgan fingerprint density at radius 3 is 1.90 bits per heavy atom. The van der Waals surface area contributed by atoms with Crippen LogP contribution in [-0.2, 0) is 9.59 Å². The quantitative estimate of drug-likeness (QED) is 0.329. The molecule has 58 valence electrons. The maximum Gasteiger partial charge on any atom is 0.339 e. The van der Waals surface area contributed by atoms with Gasteiger partial charge in [-0.05, 0) is 0 Å². The van der Waals surface area contributed by atoms with Crippen molar-refractivity contribution in [3.63, 3.8) is 0 Å². The molecule has 7 N–H and O–H groups in total. The molecule has 0 aliphatic rings. The third kappa shape index (κ3) is 2.42. The van der Waals surface area contributed by atoms with Gasteiger partial charge in [0.1, 0.15) is 0 Å². The zero-order valence-corrected chi connectivity index (χ0v) is 5.20. The molecular weight excluding hydrogens is 138 g/mol. The first-order chi connectivity index (χ1) is 4.36. The van der Waals surface area contributed by atoms with E-state index in [1.54, 1.807) is 0 Å². The fraction of sp³-hybridized carbons (Fsp3) is 0.500. The number of amides is 1. The van der Waals surface area contributed by atoms with E-state index in [-0.39, 0.29) is 0 Å². The summed E-state index contributed by atoms with van der Waals surface area (Å²) in [6, 6.07) is 0. The van der Waals surface area contributed by atoms with Crippen LogP contribution in [0.3, 0.4) is 0 Å². The summed E-state index contributed by atoms with van der Waals surface area (Å²) in [6.45, 7) is 0. The van der Waals surface area contributed by atoms with Crippen molar-refractivity contribution in [3.8, 4) is 0 Å². The number of nitrogens with two attached hydrogens (primary N) is 3. The Morgan fingerprint density at radius 2 is 1.80 bits per heavy atom. The predicted molar refractivity (Wildman–Crippen MR) is 32.6 cm³/mol. The van der Waals surface area contributed by atoms with Gasteiger partial charge in [-0.2, -0.15) is 0 Å². The topological polar surface area (TPSA) is 132 Å². The van der Waals surface area contributed by atoms with Gasteiger partial charge in [-0.15, -0.1) is 0 Å². The van der Waals surface area contributed by atoms with E-state index < -0.39 is 24.0 Å². The average Bonchev–Trinajstić information content (AvgIpc) is 1.60. The lowest BCUT2D eigenvalue weighted by atomic mass is 10.1. The molecular formula is C4H9N3O3. The van der Waals surface area contributed by atoms with E-state index in [1.807, 2.05) is 0 Å². The van der Waals surface area contributed by atoms with Gasteiger partial charge >= 0.3 is 5.97 Å². The summed E-state index contributed by atoms with van der Waals surface area (Å²) in [4.78, 5) is 20.2. The van der Waals surface area contributed by atoms with Crippen molar-refractivity contribution in [2.45, 2.75) is 12.1 Å². The number of hydrogen-bond donors (Lipinski definition) is 4. The van der Waals surface area contributed by atoms with Gasteiger partial charge in [0.2, 0.25) is 5.91 Å². The SMILES string of the molecule is NC(=O)CC(N)(N)C(=O)O. The summed E-state index contributed by atoms with van der Waals surface area (Å²) in [5, 5.41) is 8.23. The van der Waals surface area contributed by atoms with Crippen LogP contribution in [0.15, 0.2) is 0 Å². The maximum atomic E-state index is 10.1. The number of carboxylic acid groups (broad SMARTS) is 1. The van der Waals surface area contributed by atoms with E-state index in [0.717, 1.165) is 0 Å². The third-order valence-corrected chi connectivity index (χ3v) is 0.865. The number of aliphatic carboxylic acids is 1. The lowest BCUT2D eigenvalue weighted by Gasteiger charge is -2.15. The molecule has 0 spiro atoms. The summed E-state index contributed by atoms with van der Waals surface area (Å²) in [6.07, 6.45) is -0.567. The maximum absolute atomic E-state index is 10.1. The van der Waals surface area contributed by atoms with Gasteiger partial charge in [-0.1, -0.05) is 0 Å². The van der Waals surface area contributed by atoms with Gasteiger partial charge < -0.3 is 22.3 Å². The number of carbonyl (C=O) groups is 2. The summed E-state index contributed by atoms with van der Waals surface area (Å²) in [5.74, 6) is -2.29. The Hall–Kier alpha value is -1.14. The van der Waals surface area contributed by atoms with E-state index in [0.29, 0.717) is 0 Å². The smallest absolute Gasteiger partial charge is 0.339 e. The minimum Gasteiger partial charge on any atom is -0.479 e. The predicted octanol–water partition coefficient (Wildman–Crippen LogP) is -2.44. The van der Waals surface area contributed by atoms with E-state index >= 15 is 0 Å². The Kier molecular flexibility index (Phi) is 2.33. The number of carbonyl (C=O) groups excluding carboxylic acids is 1. The molecule has 6 heteroatoms. The Morgan fingerprint density at radius 1 is 1.40 bits per heavy atom. The van der Waals surface area contributed by atoms with Crippen molar-refractivity contribution in [2.75, 3.05) is 0 Å². The average molecular weight is 147 g/mol. The van der Waals surface area contributed by atoms with Gasteiger partial charge in [0.05, 0.1) is 6.42 Å². The fourth-order valence-corrected chi connectivity index (χ4v) is 0.364. The van der Waals surface area contributed by atoms with Gasteiger partial charge in [0.25, 0.3) is 0 Å². The Bertz CT molecular complexity index is 165. The summed E-state index contributed by atoms with van der Waals surface area (Å²) in [7, 11) is 0. The van der Waals surface area contributed by atoms with Gasteiger partial charge in [0.15, 0.2) is 5.66 Å². The van der Waals surface area contributed by atoms with E-state index in [4.69, 9.17) is 16.6 Å². The monoisotopic (exact) mass is 147 g/mol. The molecule has 0 fully saturated rings. The highest BCUT2D eigenvalue weighted by Crippen LogP contribution is 1.95. The van der Waals surface area contributed by atoms with Crippen LogP contribution in [-0.4, -0.2) is 22.6 Å². The number of primary amides is 1. The van der Waals surface area contributed by atoms with Crippen molar-refractivity contribution >= 4 is 11.9 Å². The van der Waals surface area contributed by atoms with Crippen LogP contribution in [0.2, 0.25) is 0 Å². The van der Waals surface area contributed by atoms with E-state index in [2.05, 4.69) is 5.73 Å². The first-order valence-corrected chi connectivity index (χ1v) is 2.45. The summed E-state index contributed by atoms with van der Waals surface area (Å²) < 4.78 is 0. The molecule has 0 bridgehead atoms. The van der Waals surface area contributed by atoms with Crippen LogP contribution in [0.4, 0.5) is 0 Å². The van der Waals surface area contributed by atoms with Gasteiger partial charge in [-0.25, -0.2) is 4.79 Å². The van der Waals surface area contributed by atoms with E-state index in [1.165, 1.54) is 0 Å². The lowest BCUT2D eigenvalue weighted by Crippen LogP contribution is -2.58. The zero-order chi connectivity index (χ0) is 8.36. The molecule has 0 saturated carbocycles. The van der Waals surface area contributed by atoms with Crippen LogP contribution in [0, 0.1) is 0 Å². The second kappa shape index (κ2) is 2.63. The van der Waals surface area contributed by atoms with Crippen LogP contribution >= 0.6 is 0 Å². The number of carboxylic acids is 1. The van der Waals surface area contributed by atoms with Crippen LogP contribution < -0.4 is 17.2 Å². The van der Waals surface area contributed by atoms with Crippen LogP contribution in [0.1, 0.15) is 6.42 Å². The molecule has 6 nitrogen and oxygen atoms in total. The van der Waals surface area contributed by atoms with Gasteiger partial charge in [-0.3, -0.25) is 4.79 Å². The normalized spacial score (nSPS) is 11.0. The molecule has 0 atom stereocenters. The van der Waals surface area contributed by atoms with Crippen LogP contribution in [0.5, 0.6) is 0 Å². The fourth-order valence-electron chi connectivity index (χ4n) is 0.364. The second-order valence-electron chi connectivity index (χ2n) is 1.99. The van der Waals surface area contributed by atoms with Crippen molar-refractivity contribution < 1.29 is 14.7 Å². The van der Waals surface area contributed by atoms with E-state index in [9.17, 15) is 9.59 Å². The highest BCUT2D eigenvalue weighted by Gasteiger charge is 2.30. The molecule has 0 unspecified atom stereocenters. The molecule has 10 heavy (non-hydrogen) atoms. The number of hydrogen-bond acceptors (Lipinski definition) is 4. The standard InChI is InChI=1S/C4H9N3O3/c5-2(8)1-4(6,7)3(9)10/h1,6-7H2,(H2,5,8)(H,9,10). The molecule has 0 heterocycles. The first kappa shape index (κ1) is 8.86. The summed E-state index contributed by atoms with van der Waals surface area (Å²) >= 11 is 0. The van der Waals surface area contributed by atoms with Crippen molar-refractivity contribution in [3.05, 3.63) is 0 Å². The minimum atomic E-state index is -2.04. The lowest BCUT2D eigenvalue weighted by molar-refractivity contribution is -0.145. The van der Waals surface area contributed by atoms with Crippen molar-refractivity contribution in [1.82, 2.24) is 0 Å². The molecule has 0 aliphatic carbocycles. The van der Waals surface area contributed by atoms with Crippen molar-refractivity contribution in [2.24, 2.45) is 17.2 Å². The second-order valence-corrected chi connectivity index (χ2v) is 1.99. The molecule has 0 aliphatic heterocycles. The van der Waals surface area contributed by atoms with Crippen LogP contribution in [0.25, 0.3) is 0 Å². The minimum absolute atomic E-state index is 0.567. The zero-order valence-electron chi connectivity index (χ0n) is 5.20. The molecule has 0 saturated heterocycles. The highest BCUT2D eigenvalue weighted by molar-refractivity contribution is 5.86. The molecule has 1 amide bonds. The van der Waals surface area contributed by atoms with Crippen molar-refractivity contribution in [1.29, 1.82) is 0 Å². The largest absolute Gasteiger partial charge is 0.479 e. The Balaban J connectivity index is 4.13. The molecule has 0 radical (unpaired) electrons. The third-order valence-electron chi connectivity index (χ3n) is 0.865. The first-order valence-electron chi connectivity index (χ1n) is 2.45. The Labute approximate surface area is 57.0 Å². The molecule has 0 aromatic heterocycles. The van der Waals surface area contributed by atoms with Gasteiger partial charge in [0, 0.05) is 0 Å².